The Morgan fingerprint density at radius 1 is 1.00 bits per heavy atom. The third-order valence-corrected chi connectivity index (χ3v) is 6.76. The zero-order chi connectivity index (χ0) is 17.8. The molecule has 0 saturated carbocycles. The van der Waals surface area contributed by atoms with Crippen molar-refractivity contribution in [2.75, 3.05) is 21.3 Å². The first-order valence-electron chi connectivity index (χ1n) is 8.01. The second kappa shape index (κ2) is 5.75. The number of hydrogen-bond donors (Lipinski definition) is 0. The summed E-state index contributed by atoms with van der Waals surface area (Å²) in [5.74, 6) is -0.0485. The first-order valence-corrected chi connectivity index (χ1v) is 10.2. The normalized spacial score (nSPS) is 24.6. The molecule has 0 unspecified atom stereocenters. The summed E-state index contributed by atoms with van der Waals surface area (Å²) < 4.78 is 24.5. The first-order chi connectivity index (χ1) is 11.9. The van der Waals surface area contributed by atoms with Crippen molar-refractivity contribution in [1.82, 2.24) is 0 Å². The van der Waals surface area contributed by atoms with Crippen LogP contribution in [0.2, 0.25) is 5.02 Å². The number of carbonyl (C=O) groups excluding carboxylic acids is 1. The van der Waals surface area contributed by atoms with Gasteiger partial charge in [0.05, 0.1) is 23.6 Å². The van der Waals surface area contributed by atoms with Crippen LogP contribution in [0, 0.1) is 6.92 Å². The van der Waals surface area contributed by atoms with Crippen molar-refractivity contribution in [2.24, 2.45) is 0 Å². The molecule has 2 heterocycles. The van der Waals surface area contributed by atoms with E-state index in [-0.39, 0.29) is 17.5 Å². The third-order valence-electron chi connectivity index (χ3n) is 4.83. The van der Waals surface area contributed by atoms with E-state index in [1.165, 1.54) is 0 Å². The van der Waals surface area contributed by atoms with Crippen LogP contribution in [-0.4, -0.2) is 38.0 Å². The van der Waals surface area contributed by atoms with Crippen molar-refractivity contribution in [3.8, 4) is 0 Å². The Labute approximate surface area is 151 Å². The molecule has 0 bridgehead atoms. The lowest BCUT2D eigenvalue weighted by Gasteiger charge is -2.24. The number of anilines is 2. The van der Waals surface area contributed by atoms with Crippen LogP contribution in [0.1, 0.15) is 5.56 Å². The largest absolute Gasteiger partial charge is 0.329 e. The average Bonchev–Trinajstić information content (AvgIpc) is 2.97. The summed E-state index contributed by atoms with van der Waals surface area (Å²) in [5, 5.41) is 0.511. The Hall–Kier alpha value is -2.05. The van der Waals surface area contributed by atoms with Gasteiger partial charge in [-0.05, 0) is 36.8 Å². The molecule has 2 amide bonds. The summed E-state index contributed by atoms with van der Waals surface area (Å²) >= 11 is 6.08. The molecule has 2 atom stereocenters. The molecule has 2 fully saturated rings. The van der Waals surface area contributed by atoms with Gasteiger partial charge in [-0.3, -0.25) is 9.80 Å². The van der Waals surface area contributed by atoms with Gasteiger partial charge in [0.2, 0.25) is 0 Å². The molecule has 0 N–H and O–H groups in total. The van der Waals surface area contributed by atoms with Crippen LogP contribution in [0.5, 0.6) is 0 Å². The number of nitrogens with zero attached hydrogens (tertiary/aromatic N) is 2. The van der Waals surface area contributed by atoms with Gasteiger partial charge in [-0.1, -0.05) is 35.9 Å². The first kappa shape index (κ1) is 16.4. The Morgan fingerprint density at radius 3 is 2.36 bits per heavy atom. The molecular weight excluding hydrogens is 360 g/mol. The fourth-order valence-corrected chi connectivity index (χ4v) is 5.85. The Bertz CT molecular complexity index is 960. The highest BCUT2D eigenvalue weighted by Crippen LogP contribution is 2.39. The molecule has 0 spiro atoms. The van der Waals surface area contributed by atoms with Crippen molar-refractivity contribution in [2.45, 2.75) is 19.0 Å². The number of amides is 2. The van der Waals surface area contributed by atoms with Gasteiger partial charge in [-0.2, -0.15) is 0 Å². The second-order valence-corrected chi connectivity index (χ2v) is 9.09. The molecule has 0 aliphatic carbocycles. The van der Waals surface area contributed by atoms with Crippen LogP contribution in [0.4, 0.5) is 16.2 Å². The minimum Gasteiger partial charge on any atom is -0.288 e. The predicted molar refractivity (Wildman–Crippen MR) is 99.2 cm³/mol. The zero-order valence-electron chi connectivity index (χ0n) is 13.6. The van der Waals surface area contributed by atoms with E-state index in [0.717, 1.165) is 11.3 Å². The minimum atomic E-state index is -3.20. The summed E-state index contributed by atoms with van der Waals surface area (Å²) in [7, 11) is -3.20. The third kappa shape index (κ3) is 2.69. The molecule has 0 aromatic heterocycles. The number of aryl methyl sites for hydroxylation is 1. The van der Waals surface area contributed by atoms with Crippen LogP contribution in [0.15, 0.2) is 48.5 Å². The highest BCUT2D eigenvalue weighted by Gasteiger charge is 2.54. The molecule has 25 heavy (non-hydrogen) atoms. The topological polar surface area (TPSA) is 57.7 Å². The van der Waals surface area contributed by atoms with Crippen LogP contribution in [-0.2, 0) is 9.84 Å². The van der Waals surface area contributed by atoms with Gasteiger partial charge >= 0.3 is 6.03 Å². The van der Waals surface area contributed by atoms with Gasteiger partial charge in [0.25, 0.3) is 0 Å². The lowest BCUT2D eigenvalue weighted by Crippen LogP contribution is -2.38. The van der Waals surface area contributed by atoms with Crippen LogP contribution >= 0.6 is 11.6 Å². The molecular formula is C18H17ClN2O3S. The number of sulfone groups is 1. The molecule has 2 aliphatic heterocycles. The monoisotopic (exact) mass is 376 g/mol. The number of carbonyl (C=O) groups is 1. The van der Waals surface area contributed by atoms with Crippen molar-refractivity contribution < 1.29 is 13.2 Å². The molecule has 2 aliphatic rings. The van der Waals surface area contributed by atoms with Gasteiger partial charge in [0.15, 0.2) is 9.84 Å². The predicted octanol–water partition coefficient (Wildman–Crippen LogP) is 3.26. The number of para-hydroxylation sites is 1. The second-order valence-electron chi connectivity index (χ2n) is 6.50. The maximum Gasteiger partial charge on any atom is 0.329 e. The highest BCUT2D eigenvalue weighted by molar-refractivity contribution is 7.91. The molecule has 0 radical (unpaired) electrons. The van der Waals surface area contributed by atoms with E-state index in [4.69, 9.17) is 11.6 Å². The van der Waals surface area contributed by atoms with Crippen molar-refractivity contribution in [3.05, 3.63) is 59.1 Å². The Balaban J connectivity index is 1.84. The maximum atomic E-state index is 13.2. The van der Waals surface area contributed by atoms with E-state index in [9.17, 15) is 13.2 Å². The van der Waals surface area contributed by atoms with E-state index < -0.39 is 21.9 Å². The van der Waals surface area contributed by atoms with Crippen LogP contribution in [0.3, 0.4) is 0 Å². The molecule has 130 valence electrons. The minimum absolute atomic E-state index is 0.0190. The van der Waals surface area contributed by atoms with E-state index in [0.29, 0.717) is 10.7 Å². The maximum absolute atomic E-state index is 13.2. The van der Waals surface area contributed by atoms with Gasteiger partial charge in [-0.25, -0.2) is 13.2 Å². The van der Waals surface area contributed by atoms with Gasteiger partial charge < -0.3 is 0 Å². The molecule has 2 aromatic rings. The number of hydrogen-bond acceptors (Lipinski definition) is 3. The average molecular weight is 377 g/mol. The molecule has 2 aromatic carbocycles. The van der Waals surface area contributed by atoms with Gasteiger partial charge in [-0.15, -0.1) is 0 Å². The van der Waals surface area contributed by atoms with E-state index in [1.54, 1.807) is 34.1 Å². The molecule has 7 heteroatoms. The van der Waals surface area contributed by atoms with Crippen LogP contribution < -0.4 is 9.80 Å². The van der Waals surface area contributed by atoms with Crippen molar-refractivity contribution in [1.29, 1.82) is 0 Å². The molecule has 4 rings (SSSR count). The number of halogens is 1. The number of fused-ring (bicyclic) bond motifs is 1. The lowest BCUT2D eigenvalue weighted by atomic mass is 10.1. The van der Waals surface area contributed by atoms with Crippen LogP contribution in [0.25, 0.3) is 0 Å². The Morgan fingerprint density at radius 2 is 1.68 bits per heavy atom. The fraction of sp³-hybridized carbons (Fsp3) is 0.278. The summed E-state index contributed by atoms with van der Waals surface area (Å²) in [6.45, 7) is 1.92. The smallest absolute Gasteiger partial charge is 0.288 e. The summed E-state index contributed by atoms with van der Waals surface area (Å²) in [4.78, 5) is 16.4. The molecule has 2 saturated heterocycles. The summed E-state index contributed by atoms with van der Waals surface area (Å²) in [6, 6.07) is 13.5. The van der Waals surface area contributed by atoms with Gasteiger partial charge in [0.1, 0.15) is 0 Å². The zero-order valence-corrected chi connectivity index (χ0v) is 15.2. The number of rotatable bonds is 2. The van der Waals surface area contributed by atoms with Crippen molar-refractivity contribution >= 4 is 38.8 Å². The van der Waals surface area contributed by atoms with E-state index in [1.807, 2.05) is 31.2 Å². The summed E-state index contributed by atoms with van der Waals surface area (Å²) in [5.41, 5.74) is 2.32. The highest BCUT2D eigenvalue weighted by atomic mass is 35.5. The SMILES string of the molecule is Cc1ccccc1N1C(=O)N(c2cccc(Cl)c2)[C@H]2CS(=O)(=O)C[C@H]21. The quantitative estimate of drug-likeness (QED) is 0.756. The standard InChI is InChI=1S/C18H17ClN2O3S/c1-12-5-2-3-8-15(12)21-17-11-25(23,24)10-16(17)20(18(21)22)14-7-4-6-13(19)9-14/h2-9,16-17H,10-11H2,1H3/t16-,17+/m0/s1. The number of benzene rings is 2. The number of urea groups is 1. The van der Waals surface area contributed by atoms with Gasteiger partial charge in [0, 0.05) is 16.4 Å². The Kier molecular flexibility index (Phi) is 3.77. The lowest BCUT2D eigenvalue weighted by molar-refractivity contribution is 0.255. The summed E-state index contributed by atoms with van der Waals surface area (Å²) in [6.07, 6.45) is 0. The van der Waals surface area contributed by atoms with E-state index in [2.05, 4.69) is 0 Å². The van der Waals surface area contributed by atoms with E-state index >= 15 is 0 Å². The fourth-order valence-electron chi connectivity index (χ4n) is 3.75. The molecule has 5 nitrogen and oxygen atoms in total. The van der Waals surface area contributed by atoms with Crippen molar-refractivity contribution in [3.63, 3.8) is 0 Å².